The van der Waals surface area contributed by atoms with Gasteiger partial charge < -0.3 is 4.74 Å². The second-order valence-corrected chi connectivity index (χ2v) is 9.19. The smallest absolute Gasteiger partial charge is 0.266 e. The van der Waals surface area contributed by atoms with Gasteiger partial charge in [-0.3, -0.25) is 19.4 Å². The van der Waals surface area contributed by atoms with Crippen LogP contribution < -0.4 is 9.64 Å². The molecule has 0 N–H and O–H groups in total. The average Bonchev–Trinajstić information content (AvgIpc) is 3.06. The molecule has 3 aliphatic heterocycles. The summed E-state index contributed by atoms with van der Waals surface area (Å²) in [6, 6.07) is 3.85. The largest absolute Gasteiger partial charge is 0.494 e. The van der Waals surface area contributed by atoms with Crippen molar-refractivity contribution >= 4 is 56.9 Å². The molecule has 0 atom stereocenters. The van der Waals surface area contributed by atoms with Gasteiger partial charge in [0.1, 0.15) is 10.1 Å². The fourth-order valence-corrected chi connectivity index (χ4v) is 5.64. The highest BCUT2D eigenvalue weighted by atomic mass is 32.2. The Morgan fingerprint density at radius 1 is 1.14 bits per heavy atom. The highest BCUT2D eigenvalue weighted by Crippen LogP contribution is 2.53. The molecule has 1 aromatic rings. The number of carbonyl (C=O) groups excluding carboxylic acids is 2. The summed E-state index contributed by atoms with van der Waals surface area (Å²) in [4.78, 5) is 30.3. The third-order valence-corrected chi connectivity index (χ3v) is 6.72. The van der Waals surface area contributed by atoms with Gasteiger partial charge in [-0.25, -0.2) is 0 Å². The van der Waals surface area contributed by atoms with Gasteiger partial charge in [0.2, 0.25) is 0 Å². The zero-order chi connectivity index (χ0) is 20.4. The van der Waals surface area contributed by atoms with Crippen molar-refractivity contribution < 1.29 is 14.3 Å². The van der Waals surface area contributed by atoms with Gasteiger partial charge in [-0.2, -0.15) is 0 Å². The van der Waals surface area contributed by atoms with E-state index < -0.39 is 5.54 Å². The van der Waals surface area contributed by atoms with Crippen molar-refractivity contribution in [3.63, 3.8) is 0 Å². The van der Waals surface area contributed by atoms with Crippen LogP contribution in [-0.4, -0.2) is 39.7 Å². The summed E-state index contributed by atoms with van der Waals surface area (Å²) in [6.45, 7) is 10.9. The second kappa shape index (κ2) is 6.46. The van der Waals surface area contributed by atoms with Crippen molar-refractivity contribution in [2.24, 2.45) is 0 Å². The maximum atomic E-state index is 13.6. The number of thioether (sulfide) groups is 1. The van der Waals surface area contributed by atoms with Crippen molar-refractivity contribution in [3.8, 4) is 5.75 Å². The summed E-state index contributed by atoms with van der Waals surface area (Å²) >= 11 is 6.58. The number of ether oxygens (including phenoxy) is 1. The molecule has 0 saturated carbocycles. The zero-order valence-corrected chi connectivity index (χ0v) is 18.2. The molecule has 146 valence electrons. The van der Waals surface area contributed by atoms with Crippen LogP contribution in [0.15, 0.2) is 23.1 Å². The molecule has 0 aliphatic carbocycles. The Labute approximate surface area is 174 Å². The molecule has 0 radical (unpaired) electrons. The van der Waals surface area contributed by atoms with E-state index >= 15 is 0 Å². The molecular weight excluding hydrogens is 392 g/mol. The average molecular weight is 415 g/mol. The van der Waals surface area contributed by atoms with Gasteiger partial charge >= 0.3 is 0 Å². The Balaban J connectivity index is 2.02. The van der Waals surface area contributed by atoms with Crippen molar-refractivity contribution in [1.82, 2.24) is 4.90 Å². The minimum atomic E-state index is -0.490. The maximum Gasteiger partial charge on any atom is 0.266 e. The predicted molar refractivity (Wildman–Crippen MR) is 117 cm³/mol. The summed E-state index contributed by atoms with van der Waals surface area (Å²) in [6.07, 6.45) is 2.09. The molecule has 28 heavy (non-hydrogen) atoms. The lowest BCUT2D eigenvalue weighted by atomic mass is 9.89. The van der Waals surface area contributed by atoms with Crippen LogP contribution in [0.1, 0.15) is 45.7 Å². The molecule has 7 heteroatoms. The van der Waals surface area contributed by atoms with E-state index in [1.165, 1.54) is 11.8 Å². The van der Waals surface area contributed by atoms with E-state index in [2.05, 4.69) is 6.08 Å². The van der Waals surface area contributed by atoms with E-state index in [0.29, 0.717) is 33.7 Å². The Morgan fingerprint density at radius 2 is 1.82 bits per heavy atom. The van der Waals surface area contributed by atoms with Crippen LogP contribution in [0.5, 0.6) is 5.75 Å². The monoisotopic (exact) mass is 414 g/mol. The van der Waals surface area contributed by atoms with E-state index in [1.807, 2.05) is 46.8 Å². The summed E-state index contributed by atoms with van der Waals surface area (Å²) in [5.74, 6) is 0.343. The van der Waals surface area contributed by atoms with E-state index in [1.54, 1.807) is 9.80 Å². The topological polar surface area (TPSA) is 49.9 Å². The number of thiocarbonyl (C=S) groups is 1. The fourth-order valence-electron chi connectivity index (χ4n) is 4.18. The van der Waals surface area contributed by atoms with Crippen molar-refractivity contribution in [3.05, 3.63) is 34.2 Å². The quantitative estimate of drug-likeness (QED) is 0.548. The molecule has 1 fully saturated rings. The van der Waals surface area contributed by atoms with Crippen LogP contribution in [0.3, 0.4) is 0 Å². The molecule has 3 heterocycles. The highest BCUT2D eigenvalue weighted by molar-refractivity contribution is 8.26. The Morgan fingerprint density at radius 3 is 2.43 bits per heavy atom. The number of amides is 2. The van der Waals surface area contributed by atoms with Crippen LogP contribution in [0.4, 0.5) is 5.69 Å². The van der Waals surface area contributed by atoms with Gasteiger partial charge in [0.25, 0.3) is 11.8 Å². The van der Waals surface area contributed by atoms with E-state index in [4.69, 9.17) is 17.0 Å². The van der Waals surface area contributed by atoms with Gasteiger partial charge in [0.05, 0.1) is 28.3 Å². The molecule has 1 aromatic carbocycles. The maximum absolute atomic E-state index is 13.6. The first-order valence-corrected chi connectivity index (χ1v) is 10.6. The van der Waals surface area contributed by atoms with Gasteiger partial charge in [0, 0.05) is 17.7 Å². The van der Waals surface area contributed by atoms with Crippen LogP contribution in [-0.2, 0) is 9.59 Å². The van der Waals surface area contributed by atoms with Crippen LogP contribution in [0, 0.1) is 0 Å². The van der Waals surface area contributed by atoms with Crippen molar-refractivity contribution in [1.29, 1.82) is 0 Å². The number of rotatable bonds is 3. The van der Waals surface area contributed by atoms with E-state index in [0.717, 1.165) is 22.4 Å². The Bertz CT molecular complexity index is 1010. The van der Waals surface area contributed by atoms with E-state index in [9.17, 15) is 9.59 Å². The zero-order valence-electron chi connectivity index (χ0n) is 16.6. The lowest BCUT2D eigenvalue weighted by molar-refractivity contribution is -0.122. The van der Waals surface area contributed by atoms with Crippen molar-refractivity contribution in [2.75, 3.05) is 18.1 Å². The molecule has 0 bridgehead atoms. The van der Waals surface area contributed by atoms with Gasteiger partial charge in [0.15, 0.2) is 0 Å². The lowest BCUT2D eigenvalue weighted by Gasteiger charge is -2.38. The Kier molecular flexibility index (Phi) is 4.43. The van der Waals surface area contributed by atoms with Crippen LogP contribution >= 0.6 is 24.0 Å². The summed E-state index contributed by atoms with van der Waals surface area (Å²) in [5.41, 5.74) is 3.61. The number of benzene rings is 1. The van der Waals surface area contributed by atoms with Crippen LogP contribution in [0.25, 0.3) is 11.1 Å². The minimum absolute atomic E-state index is 0.157. The third kappa shape index (κ3) is 2.56. The number of carbonyl (C=O) groups is 2. The SMILES string of the molecule is CCOc1cc2c3c(c1)/C(=C1\SC(=S)N(CC)C1=O)C(=O)N3C(C)(C)C=C2C. The van der Waals surface area contributed by atoms with Gasteiger partial charge in [-0.15, -0.1) is 0 Å². The number of hydrogen-bond donors (Lipinski definition) is 0. The minimum Gasteiger partial charge on any atom is -0.494 e. The lowest BCUT2D eigenvalue weighted by Crippen LogP contribution is -2.46. The number of allylic oxidation sites excluding steroid dienone is 1. The van der Waals surface area contributed by atoms with Gasteiger partial charge in [-0.1, -0.05) is 30.1 Å². The Hall–Kier alpha value is -2.12. The number of likely N-dealkylation sites (N-methyl/N-ethyl adjacent to an activating group) is 1. The second-order valence-electron chi connectivity index (χ2n) is 7.54. The number of nitrogens with zero attached hydrogens (tertiary/aromatic N) is 2. The number of anilines is 1. The first kappa shape index (κ1) is 19.2. The molecule has 3 aliphatic rings. The summed E-state index contributed by atoms with van der Waals surface area (Å²) < 4.78 is 6.26. The normalized spacial score (nSPS) is 22.8. The molecule has 5 nitrogen and oxygen atoms in total. The summed E-state index contributed by atoms with van der Waals surface area (Å²) in [5, 5.41) is 0. The molecule has 0 aromatic heterocycles. The third-order valence-electron chi connectivity index (χ3n) is 5.27. The van der Waals surface area contributed by atoms with Crippen LogP contribution in [0.2, 0.25) is 0 Å². The molecule has 0 spiro atoms. The number of hydrogen-bond acceptors (Lipinski definition) is 5. The molecule has 0 unspecified atom stereocenters. The first-order chi connectivity index (χ1) is 13.2. The highest BCUT2D eigenvalue weighted by Gasteiger charge is 2.48. The molecule has 4 rings (SSSR count). The molecular formula is C21H22N2O3S2. The van der Waals surface area contributed by atoms with E-state index in [-0.39, 0.29) is 11.8 Å². The first-order valence-electron chi connectivity index (χ1n) is 9.34. The standard InChI is InChI=1S/C21H22N2O3S2/c1-6-22-19(25)17(28-20(22)27)15-14-9-12(26-7-2)8-13-11(3)10-21(4,5)23(16(13)14)18(15)24/h8-10H,6-7H2,1-5H3/b17-15+. The van der Waals surface area contributed by atoms with Gasteiger partial charge in [-0.05, 0) is 52.3 Å². The molecule has 2 amide bonds. The predicted octanol–water partition coefficient (Wildman–Crippen LogP) is 4.22. The fraction of sp³-hybridized carbons (Fsp3) is 0.381. The van der Waals surface area contributed by atoms with Crippen molar-refractivity contribution in [2.45, 2.75) is 40.2 Å². The summed E-state index contributed by atoms with van der Waals surface area (Å²) in [7, 11) is 0. The molecule has 1 saturated heterocycles.